The highest BCUT2D eigenvalue weighted by molar-refractivity contribution is 8.00. The SMILES string of the molecule is C=CCOC/C(OCOC(=O)OC)=C1/C(=O)N2CCOCC2N(C2c3ccccc3SC3(CCCCC3)c3ccccc32)N1C. The van der Waals surface area contributed by atoms with Crippen LogP contribution in [0.4, 0.5) is 4.79 Å². The van der Waals surface area contributed by atoms with Gasteiger partial charge < -0.3 is 28.6 Å². The normalized spacial score (nSPS) is 23.7. The number of ether oxygens (including phenoxy) is 5. The highest BCUT2D eigenvalue weighted by Gasteiger charge is 2.50. The molecule has 2 atom stereocenters. The molecule has 2 unspecified atom stereocenters. The summed E-state index contributed by atoms with van der Waals surface area (Å²) in [5.74, 6) is 0.0437. The largest absolute Gasteiger partial charge is 0.510 e. The lowest BCUT2D eigenvalue weighted by Gasteiger charge is -2.54. The van der Waals surface area contributed by atoms with Gasteiger partial charge in [-0.15, -0.1) is 18.3 Å². The maximum atomic E-state index is 14.3. The highest BCUT2D eigenvalue weighted by atomic mass is 32.2. The van der Waals surface area contributed by atoms with Gasteiger partial charge in [-0.05, 0) is 35.6 Å². The van der Waals surface area contributed by atoms with E-state index < -0.39 is 12.9 Å². The van der Waals surface area contributed by atoms with Crippen LogP contribution in [-0.2, 0) is 33.2 Å². The fourth-order valence-corrected chi connectivity index (χ4v) is 8.72. The number of likely N-dealkylation sites (N-methyl/N-ethyl adjacent to an activating group) is 1. The molecule has 1 saturated carbocycles. The number of methoxy groups -OCH3 is 1. The van der Waals surface area contributed by atoms with E-state index in [0.717, 1.165) is 12.8 Å². The lowest BCUT2D eigenvalue weighted by molar-refractivity contribution is -0.195. The molecule has 10 nitrogen and oxygen atoms in total. The van der Waals surface area contributed by atoms with E-state index in [4.69, 9.17) is 18.9 Å². The quantitative estimate of drug-likeness (QED) is 0.0918. The zero-order valence-corrected chi connectivity index (χ0v) is 26.8. The van der Waals surface area contributed by atoms with Crippen molar-refractivity contribution < 1.29 is 33.3 Å². The monoisotopic (exact) mass is 635 g/mol. The van der Waals surface area contributed by atoms with Crippen molar-refractivity contribution in [2.45, 2.75) is 54.0 Å². The Hall–Kier alpha value is -3.51. The van der Waals surface area contributed by atoms with Crippen LogP contribution in [0.5, 0.6) is 0 Å². The van der Waals surface area contributed by atoms with Crippen LogP contribution in [-0.4, -0.2) is 87.1 Å². The Labute approximate surface area is 268 Å². The first kappa shape index (κ1) is 31.5. The van der Waals surface area contributed by atoms with Gasteiger partial charge in [-0.25, -0.2) is 4.79 Å². The highest BCUT2D eigenvalue weighted by Crippen LogP contribution is 2.58. The average Bonchev–Trinajstić information content (AvgIpc) is 3.18. The average molecular weight is 636 g/mol. The van der Waals surface area contributed by atoms with E-state index in [0.29, 0.717) is 25.5 Å². The standard InChI is InChI=1S/C34H41N3O7S/c1-4-19-41-21-27(43-23-44-33(39)40-3)31-32(38)36-18-20-42-22-29(36)37(35(31)2)30-24-12-6-8-14-26(24)34(16-10-5-11-17-34)45-28-15-9-7-13-25(28)30/h4,6-9,12-15,29-30H,1,5,10-11,16-23H2,2-3H3/b31-27+. The first-order valence-corrected chi connectivity index (χ1v) is 16.3. The summed E-state index contributed by atoms with van der Waals surface area (Å²) in [6.07, 6.45) is 6.27. The predicted octanol–water partition coefficient (Wildman–Crippen LogP) is 5.56. The first-order chi connectivity index (χ1) is 22.0. The second-order valence-electron chi connectivity index (χ2n) is 11.6. The molecule has 6 rings (SSSR count). The molecular formula is C34H41N3O7S. The number of hydrazine groups is 1. The third-order valence-electron chi connectivity index (χ3n) is 9.04. The van der Waals surface area contributed by atoms with E-state index in [1.165, 1.54) is 48.0 Å². The minimum absolute atomic E-state index is 0.0245. The van der Waals surface area contributed by atoms with Crippen molar-refractivity contribution in [2.24, 2.45) is 0 Å². The summed E-state index contributed by atoms with van der Waals surface area (Å²) in [5.41, 5.74) is 4.07. The van der Waals surface area contributed by atoms with E-state index in [1.807, 2.05) is 28.7 Å². The number of amides is 1. The van der Waals surface area contributed by atoms with Crippen molar-refractivity contribution in [3.8, 4) is 0 Å². The van der Waals surface area contributed by atoms with Gasteiger partial charge in [-0.1, -0.05) is 67.8 Å². The lowest BCUT2D eigenvalue weighted by Crippen LogP contribution is -2.67. The summed E-state index contributed by atoms with van der Waals surface area (Å²) in [6, 6.07) is 17.2. The van der Waals surface area contributed by atoms with Crippen LogP contribution in [0.25, 0.3) is 0 Å². The Morgan fingerprint density at radius 3 is 2.62 bits per heavy atom. The zero-order valence-electron chi connectivity index (χ0n) is 25.9. The number of rotatable bonds is 8. The number of fused-ring (bicyclic) bond motifs is 4. The molecule has 3 heterocycles. The number of hydrogen-bond acceptors (Lipinski definition) is 10. The Balaban J connectivity index is 1.51. The fraction of sp³-hybridized carbons (Fsp3) is 0.471. The number of hydrogen-bond donors (Lipinski definition) is 0. The van der Waals surface area contributed by atoms with Crippen molar-refractivity contribution in [1.29, 1.82) is 0 Å². The van der Waals surface area contributed by atoms with Gasteiger partial charge in [0.2, 0.25) is 6.79 Å². The number of carbonyl (C=O) groups excluding carboxylic acids is 2. The number of thioether (sulfide) groups is 1. The van der Waals surface area contributed by atoms with Gasteiger partial charge in [0, 0.05) is 23.2 Å². The van der Waals surface area contributed by atoms with Crippen LogP contribution in [0.1, 0.15) is 54.8 Å². The van der Waals surface area contributed by atoms with Crippen LogP contribution < -0.4 is 0 Å². The fourth-order valence-electron chi connectivity index (χ4n) is 7.06. The van der Waals surface area contributed by atoms with Crippen molar-refractivity contribution in [2.75, 3.05) is 53.9 Å². The maximum Gasteiger partial charge on any atom is 0.510 e. The van der Waals surface area contributed by atoms with Crippen molar-refractivity contribution in [3.05, 3.63) is 89.3 Å². The van der Waals surface area contributed by atoms with Gasteiger partial charge in [0.15, 0.2) is 11.5 Å². The number of carbonyl (C=O) groups is 2. The molecule has 2 saturated heterocycles. The van der Waals surface area contributed by atoms with Crippen LogP contribution in [0.2, 0.25) is 0 Å². The van der Waals surface area contributed by atoms with Gasteiger partial charge in [0.25, 0.3) is 5.91 Å². The van der Waals surface area contributed by atoms with Crippen LogP contribution >= 0.6 is 11.8 Å². The van der Waals surface area contributed by atoms with Gasteiger partial charge >= 0.3 is 6.16 Å². The molecular weight excluding hydrogens is 594 g/mol. The van der Waals surface area contributed by atoms with Crippen molar-refractivity contribution >= 4 is 23.8 Å². The molecule has 11 heteroatoms. The number of morpholine rings is 1. The summed E-state index contributed by atoms with van der Waals surface area (Å²) in [5, 5.41) is 4.15. The predicted molar refractivity (Wildman–Crippen MR) is 169 cm³/mol. The number of benzene rings is 2. The minimum atomic E-state index is -0.884. The molecule has 1 amide bonds. The minimum Gasteiger partial charge on any atom is -0.457 e. The molecule has 2 aromatic carbocycles. The molecule has 1 aliphatic carbocycles. The van der Waals surface area contributed by atoms with E-state index in [9.17, 15) is 9.59 Å². The molecule has 0 N–H and O–H groups in total. The molecule has 45 heavy (non-hydrogen) atoms. The van der Waals surface area contributed by atoms with Crippen LogP contribution in [0, 0.1) is 0 Å². The van der Waals surface area contributed by atoms with E-state index in [1.54, 1.807) is 6.08 Å². The number of nitrogens with zero attached hydrogens (tertiary/aromatic N) is 3. The molecule has 2 aromatic rings. The molecule has 3 aliphatic heterocycles. The molecule has 0 bridgehead atoms. The smallest absolute Gasteiger partial charge is 0.457 e. The van der Waals surface area contributed by atoms with E-state index in [2.05, 4.69) is 64.9 Å². The second kappa shape index (κ2) is 13.9. The summed E-state index contributed by atoms with van der Waals surface area (Å²) < 4.78 is 27.4. The van der Waals surface area contributed by atoms with Gasteiger partial charge in [-0.2, -0.15) is 5.01 Å². The maximum absolute atomic E-state index is 14.3. The zero-order chi connectivity index (χ0) is 31.4. The van der Waals surface area contributed by atoms with Gasteiger partial charge in [0.05, 0.1) is 33.0 Å². The lowest BCUT2D eigenvalue weighted by atomic mass is 9.79. The van der Waals surface area contributed by atoms with Gasteiger partial charge in [0.1, 0.15) is 12.8 Å². The summed E-state index contributed by atoms with van der Waals surface area (Å²) in [6.45, 7) is 4.73. The Kier molecular flexibility index (Phi) is 9.70. The Morgan fingerprint density at radius 2 is 1.84 bits per heavy atom. The van der Waals surface area contributed by atoms with Crippen LogP contribution in [0.3, 0.4) is 0 Å². The first-order valence-electron chi connectivity index (χ1n) is 15.5. The summed E-state index contributed by atoms with van der Waals surface area (Å²) in [7, 11) is 3.11. The van der Waals surface area contributed by atoms with Crippen molar-refractivity contribution in [1.82, 2.24) is 14.9 Å². The molecule has 240 valence electrons. The van der Waals surface area contributed by atoms with Crippen molar-refractivity contribution in [3.63, 3.8) is 0 Å². The van der Waals surface area contributed by atoms with Crippen LogP contribution in [0.15, 0.2) is 77.5 Å². The Bertz CT molecular complexity index is 1440. The third kappa shape index (κ3) is 6.06. The summed E-state index contributed by atoms with van der Waals surface area (Å²) in [4.78, 5) is 29.1. The Morgan fingerprint density at radius 1 is 1.09 bits per heavy atom. The summed E-state index contributed by atoms with van der Waals surface area (Å²) >= 11 is 2.00. The molecule has 4 aliphatic rings. The molecule has 0 aromatic heterocycles. The van der Waals surface area contributed by atoms with E-state index in [-0.39, 0.29) is 41.8 Å². The van der Waals surface area contributed by atoms with Gasteiger partial charge in [-0.3, -0.25) is 9.80 Å². The van der Waals surface area contributed by atoms with E-state index >= 15 is 0 Å². The third-order valence-corrected chi connectivity index (χ3v) is 10.7. The molecule has 1 spiro atoms. The topological polar surface area (TPSA) is 90.0 Å². The molecule has 3 fully saturated rings. The second-order valence-corrected chi connectivity index (χ2v) is 13.0. The molecule has 0 radical (unpaired) electrons.